The zero-order chi connectivity index (χ0) is 23.3. The Morgan fingerprint density at radius 2 is 1.74 bits per heavy atom. The van der Waals surface area contributed by atoms with Crippen LogP contribution in [-0.2, 0) is 20.9 Å². The van der Waals surface area contributed by atoms with Crippen molar-refractivity contribution in [2.75, 3.05) is 0 Å². The molecule has 0 aliphatic rings. The van der Waals surface area contributed by atoms with Crippen molar-refractivity contribution in [3.8, 4) is 0 Å². The molecule has 0 fully saturated rings. The van der Waals surface area contributed by atoms with E-state index in [0.717, 1.165) is 22.5 Å². The van der Waals surface area contributed by atoms with Gasteiger partial charge in [-0.1, -0.05) is 29.8 Å². The van der Waals surface area contributed by atoms with Crippen LogP contribution in [0, 0.1) is 13.8 Å². The fourth-order valence-corrected chi connectivity index (χ4v) is 3.82. The van der Waals surface area contributed by atoms with E-state index in [-0.39, 0.29) is 18.0 Å². The lowest BCUT2D eigenvalue weighted by molar-refractivity contribution is -0.157. The summed E-state index contributed by atoms with van der Waals surface area (Å²) in [5, 5.41) is 5.26. The summed E-state index contributed by atoms with van der Waals surface area (Å²) in [7, 11) is 0. The second kappa shape index (κ2) is 10.6. The van der Waals surface area contributed by atoms with Gasteiger partial charge in [0, 0.05) is 34.4 Å². The van der Waals surface area contributed by atoms with E-state index in [0.29, 0.717) is 11.6 Å². The third kappa shape index (κ3) is 6.20. The van der Waals surface area contributed by atoms with Crippen LogP contribution in [0.5, 0.6) is 0 Å². The molecule has 0 radical (unpaired) electrons. The van der Waals surface area contributed by atoms with Gasteiger partial charge in [-0.05, 0) is 66.2 Å². The lowest BCUT2D eigenvalue weighted by Crippen LogP contribution is -2.47. The van der Waals surface area contributed by atoms with Crippen molar-refractivity contribution in [2.24, 2.45) is 0 Å². The number of esters is 1. The van der Waals surface area contributed by atoms with Crippen LogP contribution in [0.3, 0.4) is 0 Å². The molecule has 6 nitrogen and oxygen atoms in total. The molecule has 0 spiro atoms. The Balaban J connectivity index is 2.10. The molecule has 0 saturated carbocycles. The number of benzene rings is 1. The molecular weight excluding hydrogens is 414 g/mol. The Labute approximate surface area is 189 Å². The van der Waals surface area contributed by atoms with Crippen molar-refractivity contribution in [1.82, 2.24) is 14.7 Å². The molecule has 2 aromatic rings. The molecule has 0 N–H and O–H groups in total. The quantitative estimate of drug-likeness (QED) is 0.432. The molecule has 2 rings (SSSR count). The number of halogens is 1. The smallest absolute Gasteiger partial charge is 0.331 e. The van der Waals surface area contributed by atoms with Crippen molar-refractivity contribution in [2.45, 2.75) is 73.2 Å². The predicted octanol–water partition coefficient (Wildman–Crippen LogP) is 4.79. The minimum Gasteiger partial charge on any atom is -0.449 e. The number of hydrogen-bond acceptors (Lipinski definition) is 4. The van der Waals surface area contributed by atoms with Crippen LogP contribution in [0.4, 0.5) is 0 Å². The molecule has 1 unspecified atom stereocenters. The molecular formula is C24H32ClN3O3. The van der Waals surface area contributed by atoms with Crippen molar-refractivity contribution >= 4 is 29.6 Å². The van der Waals surface area contributed by atoms with Crippen LogP contribution >= 0.6 is 11.6 Å². The van der Waals surface area contributed by atoms with E-state index in [1.165, 1.54) is 6.08 Å². The van der Waals surface area contributed by atoms with E-state index < -0.39 is 12.1 Å². The van der Waals surface area contributed by atoms with Crippen molar-refractivity contribution in [3.63, 3.8) is 0 Å². The van der Waals surface area contributed by atoms with Crippen LogP contribution in [0.1, 0.15) is 57.1 Å². The highest BCUT2D eigenvalue weighted by Crippen LogP contribution is 2.20. The molecule has 168 valence electrons. The van der Waals surface area contributed by atoms with Crippen LogP contribution in [0.2, 0.25) is 5.02 Å². The van der Waals surface area contributed by atoms with Crippen molar-refractivity contribution in [3.05, 3.63) is 57.9 Å². The monoisotopic (exact) mass is 445 g/mol. The van der Waals surface area contributed by atoms with Gasteiger partial charge in [-0.3, -0.25) is 9.48 Å². The third-order valence-electron chi connectivity index (χ3n) is 5.11. The Hall–Kier alpha value is -2.60. The number of aryl methyl sites for hydroxylation is 1. The Morgan fingerprint density at radius 1 is 1.13 bits per heavy atom. The maximum Gasteiger partial charge on any atom is 0.331 e. The Bertz CT molecular complexity index is 955. The molecule has 1 atom stereocenters. The van der Waals surface area contributed by atoms with Gasteiger partial charge >= 0.3 is 5.97 Å². The highest BCUT2D eigenvalue weighted by atomic mass is 35.5. The van der Waals surface area contributed by atoms with Crippen LogP contribution in [0.25, 0.3) is 6.08 Å². The standard InChI is InChI=1S/C24H32ClN3O3/c1-15(2)28(16(3)4)24(30)19(7)31-23(29)13-12-21-17(5)26-27(18(21)6)14-20-10-8-9-11-22(20)25/h8-13,15-16,19H,14H2,1-7H3/b13-12+. The zero-order valence-electron chi connectivity index (χ0n) is 19.3. The van der Waals surface area contributed by atoms with E-state index in [1.807, 2.05) is 70.5 Å². The second-order valence-corrected chi connectivity index (χ2v) is 8.59. The third-order valence-corrected chi connectivity index (χ3v) is 5.48. The van der Waals surface area contributed by atoms with Gasteiger partial charge in [-0.25, -0.2) is 4.79 Å². The predicted molar refractivity (Wildman–Crippen MR) is 124 cm³/mol. The van der Waals surface area contributed by atoms with Gasteiger partial charge in [-0.15, -0.1) is 0 Å². The van der Waals surface area contributed by atoms with E-state index in [9.17, 15) is 9.59 Å². The Morgan fingerprint density at radius 3 is 2.32 bits per heavy atom. The molecule has 1 heterocycles. The molecule has 1 amide bonds. The maximum absolute atomic E-state index is 12.6. The van der Waals surface area contributed by atoms with Crippen LogP contribution in [0.15, 0.2) is 30.3 Å². The fourth-order valence-electron chi connectivity index (χ4n) is 3.62. The number of aromatic nitrogens is 2. The molecule has 31 heavy (non-hydrogen) atoms. The summed E-state index contributed by atoms with van der Waals surface area (Å²) in [6.07, 6.45) is 2.17. The normalized spacial score (nSPS) is 12.6. The summed E-state index contributed by atoms with van der Waals surface area (Å²) >= 11 is 6.26. The lowest BCUT2D eigenvalue weighted by Gasteiger charge is -2.32. The summed E-state index contributed by atoms with van der Waals surface area (Å²) < 4.78 is 7.21. The molecule has 0 aliphatic heterocycles. The topological polar surface area (TPSA) is 64.4 Å². The van der Waals surface area contributed by atoms with Gasteiger partial charge in [0.25, 0.3) is 5.91 Å². The van der Waals surface area contributed by atoms with E-state index in [2.05, 4.69) is 5.10 Å². The van der Waals surface area contributed by atoms with E-state index in [1.54, 1.807) is 17.9 Å². The minimum absolute atomic E-state index is 0.0263. The second-order valence-electron chi connectivity index (χ2n) is 8.18. The Kier molecular flexibility index (Phi) is 8.45. The van der Waals surface area contributed by atoms with Crippen LogP contribution < -0.4 is 0 Å². The minimum atomic E-state index is -0.855. The van der Waals surface area contributed by atoms with Gasteiger partial charge in [0.15, 0.2) is 6.10 Å². The first kappa shape index (κ1) is 24.7. The number of nitrogens with zero attached hydrogens (tertiary/aromatic N) is 3. The number of carbonyl (C=O) groups is 2. The summed E-state index contributed by atoms with van der Waals surface area (Å²) in [4.78, 5) is 26.7. The van der Waals surface area contributed by atoms with E-state index in [4.69, 9.17) is 16.3 Å². The molecule has 0 bridgehead atoms. The highest BCUT2D eigenvalue weighted by Gasteiger charge is 2.27. The molecule has 7 heteroatoms. The first-order valence-electron chi connectivity index (χ1n) is 10.5. The average molecular weight is 446 g/mol. The zero-order valence-corrected chi connectivity index (χ0v) is 20.1. The van der Waals surface area contributed by atoms with Crippen molar-refractivity contribution in [1.29, 1.82) is 0 Å². The largest absolute Gasteiger partial charge is 0.449 e. The maximum atomic E-state index is 12.6. The lowest BCUT2D eigenvalue weighted by atomic mass is 10.1. The summed E-state index contributed by atoms with van der Waals surface area (Å²) in [6, 6.07) is 7.69. The number of carbonyl (C=O) groups excluding carboxylic acids is 2. The van der Waals surface area contributed by atoms with Gasteiger partial charge in [0.1, 0.15) is 0 Å². The first-order chi connectivity index (χ1) is 14.5. The summed E-state index contributed by atoms with van der Waals surface area (Å²) in [5.74, 6) is -0.766. The number of hydrogen-bond donors (Lipinski definition) is 0. The molecule has 1 aromatic carbocycles. The SMILES string of the molecule is Cc1nn(Cc2ccccc2Cl)c(C)c1/C=C/C(=O)OC(C)C(=O)N(C(C)C)C(C)C. The molecule has 0 aliphatic carbocycles. The highest BCUT2D eigenvalue weighted by molar-refractivity contribution is 6.31. The van der Waals surface area contributed by atoms with Gasteiger partial charge < -0.3 is 9.64 Å². The van der Waals surface area contributed by atoms with Crippen LogP contribution in [-0.4, -0.2) is 44.7 Å². The summed E-state index contributed by atoms with van der Waals surface area (Å²) in [6.45, 7) is 13.7. The molecule has 1 aromatic heterocycles. The fraction of sp³-hybridized carbons (Fsp3) is 0.458. The number of ether oxygens (including phenoxy) is 1. The number of rotatable bonds is 8. The van der Waals surface area contributed by atoms with E-state index >= 15 is 0 Å². The average Bonchev–Trinajstić information content (AvgIpc) is 2.94. The summed E-state index contributed by atoms with van der Waals surface area (Å²) in [5.41, 5.74) is 3.52. The first-order valence-corrected chi connectivity index (χ1v) is 10.9. The molecule has 0 saturated heterocycles. The van der Waals surface area contributed by atoms with Gasteiger partial charge in [0.05, 0.1) is 12.2 Å². The number of amides is 1. The van der Waals surface area contributed by atoms with Gasteiger partial charge in [0.2, 0.25) is 0 Å². The van der Waals surface area contributed by atoms with Crippen molar-refractivity contribution < 1.29 is 14.3 Å². The van der Waals surface area contributed by atoms with Gasteiger partial charge in [-0.2, -0.15) is 5.10 Å².